The van der Waals surface area contributed by atoms with E-state index in [1.54, 1.807) is 72.9 Å². The minimum atomic E-state index is -1.78. The Bertz CT molecular complexity index is 1350. The number of ether oxygens (including phenoxy) is 3. The third-order valence-electron chi connectivity index (χ3n) is 5.66. The summed E-state index contributed by atoms with van der Waals surface area (Å²) in [6, 6.07) is 18.3. The molecule has 3 heterocycles. The molecule has 0 unspecified atom stereocenters. The number of anilines is 1. The topological polar surface area (TPSA) is 119 Å². The second-order valence-corrected chi connectivity index (χ2v) is 7.94. The van der Waals surface area contributed by atoms with Crippen molar-refractivity contribution >= 4 is 28.9 Å². The lowest BCUT2D eigenvalue weighted by Gasteiger charge is -2.19. The molecule has 2 aromatic carbocycles. The first-order chi connectivity index (χ1) is 17.0. The van der Waals surface area contributed by atoms with Gasteiger partial charge in [0.1, 0.15) is 18.4 Å². The normalized spacial score (nSPS) is 21.6. The standard InChI is InChI=1S/C25H21FN4O5/c26-19-20(35-24(32)16-9-5-2-6-10-16)18(14-33-23(31)15-7-3-1-4-8-15)34-22(19)30-12-11-17-13-28-25(27)29-21(17)30/h1-13,18-20,22H,14H2,(H2,27,28,29)/t18-,19+,20-,22-/m1/s1. The minimum Gasteiger partial charge on any atom is -0.459 e. The molecule has 0 spiro atoms. The van der Waals surface area contributed by atoms with E-state index in [2.05, 4.69) is 9.97 Å². The zero-order valence-corrected chi connectivity index (χ0v) is 18.4. The predicted molar refractivity (Wildman–Crippen MR) is 123 cm³/mol. The highest BCUT2D eigenvalue weighted by molar-refractivity contribution is 5.90. The van der Waals surface area contributed by atoms with Crippen molar-refractivity contribution in [1.29, 1.82) is 0 Å². The van der Waals surface area contributed by atoms with Crippen molar-refractivity contribution in [1.82, 2.24) is 14.5 Å². The average molecular weight is 476 g/mol. The predicted octanol–water partition coefficient (Wildman–Crippen LogP) is 3.33. The average Bonchev–Trinajstić information content (AvgIpc) is 3.43. The van der Waals surface area contributed by atoms with Gasteiger partial charge in [0.15, 0.2) is 18.5 Å². The van der Waals surface area contributed by atoms with E-state index < -0.39 is 36.5 Å². The maximum atomic E-state index is 15.8. The van der Waals surface area contributed by atoms with Gasteiger partial charge in [-0.1, -0.05) is 36.4 Å². The van der Waals surface area contributed by atoms with Gasteiger partial charge in [0, 0.05) is 17.8 Å². The molecule has 0 aliphatic carbocycles. The summed E-state index contributed by atoms with van der Waals surface area (Å²) in [5.41, 5.74) is 6.66. The van der Waals surface area contributed by atoms with Gasteiger partial charge in [0.2, 0.25) is 5.95 Å². The Labute approximate surface area is 199 Å². The van der Waals surface area contributed by atoms with Crippen LogP contribution in [0.2, 0.25) is 0 Å². The molecule has 4 aromatic rings. The molecule has 10 heteroatoms. The van der Waals surface area contributed by atoms with Gasteiger partial charge in [-0.3, -0.25) is 0 Å². The van der Waals surface area contributed by atoms with Crippen LogP contribution in [0.5, 0.6) is 0 Å². The van der Waals surface area contributed by atoms with Crippen molar-refractivity contribution < 1.29 is 28.2 Å². The van der Waals surface area contributed by atoms with E-state index in [9.17, 15) is 9.59 Å². The van der Waals surface area contributed by atoms with Crippen LogP contribution in [0.25, 0.3) is 11.0 Å². The molecule has 0 bridgehead atoms. The first kappa shape index (κ1) is 22.5. The Morgan fingerprint density at radius 2 is 1.66 bits per heavy atom. The van der Waals surface area contributed by atoms with E-state index in [0.717, 1.165) is 0 Å². The van der Waals surface area contributed by atoms with E-state index in [4.69, 9.17) is 19.9 Å². The number of hydrogen-bond acceptors (Lipinski definition) is 8. The molecule has 0 saturated carbocycles. The highest BCUT2D eigenvalue weighted by Gasteiger charge is 2.49. The molecule has 2 aromatic heterocycles. The molecule has 178 valence electrons. The molecule has 9 nitrogen and oxygen atoms in total. The van der Waals surface area contributed by atoms with Crippen molar-refractivity contribution in [2.24, 2.45) is 0 Å². The van der Waals surface area contributed by atoms with Gasteiger partial charge in [-0.15, -0.1) is 0 Å². The van der Waals surface area contributed by atoms with Crippen LogP contribution < -0.4 is 5.73 Å². The van der Waals surface area contributed by atoms with Crippen LogP contribution >= 0.6 is 0 Å². The Morgan fingerprint density at radius 1 is 1.00 bits per heavy atom. The molecule has 4 atom stereocenters. The quantitative estimate of drug-likeness (QED) is 0.421. The van der Waals surface area contributed by atoms with Crippen LogP contribution in [0.4, 0.5) is 10.3 Å². The molecule has 0 radical (unpaired) electrons. The zero-order valence-electron chi connectivity index (χ0n) is 18.4. The van der Waals surface area contributed by atoms with Gasteiger partial charge < -0.3 is 24.5 Å². The van der Waals surface area contributed by atoms with Gasteiger partial charge in [-0.2, -0.15) is 4.98 Å². The van der Waals surface area contributed by atoms with E-state index in [1.165, 1.54) is 10.8 Å². The van der Waals surface area contributed by atoms with Crippen molar-refractivity contribution in [2.75, 3.05) is 12.3 Å². The minimum absolute atomic E-state index is 0.0197. The summed E-state index contributed by atoms with van der Waals surface area (Å²) >= 11 is 0. The summed E-state index contributed by atoms with van der Waals surface area (Å²) in [5.74, 6) is -1.30. The summed E-state index contributed by atoms with van der Waals surface area (Å²) < 4.78 is 34.1. The lowest BCUT2D eigenvalue weighted by molar-refractivity contribution is -0.0568. The molecule has 5 rings (SSSR count). The number of fused-ring (bicyclic) bond motifs is 1. The third kappa shape index (κ3) is 4.56. The molecule has 1 aliphatic rings. The maximum Gasteiger partial charge on any atom is 0.338 e. The van der Waals surface area contributed by atoms with Gasteiger partial charge in [-0.25, -0.2) is 19.0 Å². The van der Waals surface area contributed by atoms with Gasteiger partial charge in [-0.05, 0) is 30.3 Å². The van der Waals surface area contributed by atoms with Gasteiger partial charge in [0.25, 0.3) is 0 Å². The molecule has 0 amide bonds. The van der Waals surface area contributed by atoms with Crippen LogP contribution in [0, 0.1) is 0 Å². The Balaban J connectivity index is 1.40. The molecule has 1 aliphatic heterocycles. The number of nitrogens with zero attached hydrogens (tertiary/aromatic N) is 3. The monoisotopic (exact) mass is 476 g/mol. The van der Waals surface area contributed by atoms with Crippen LogP contribution in [0.1, 0.15) is 26.9 Å². The maximum absolute atomic E-state index is 15.8. The van der Waals surface area contributed by atoms with E-state index in [-0.39, 0.29) is 18.1 Å². The molecule has 35 heavy (non-hydrogen) atoms. The summed E-state index contributed by atoms with van der Waals surface area (Å²) in [6.45, 7) is -0.326. The Hall–Kier alpha value is -4.31. The summed E-state index contributed by atoms with van der Waals surface area (Å²) in [6.07, 6.45) is -2.28. The zero-order chi connectivity index (χ0) is 24.4. The number of hydrogen-bond donors (Lipinski definition) is 1. The second-order valence-electron chi connectivity index (χ2n) is 7.94. The van der Waals surface area contributed by atoms with Crippen molar-refractivity contribution in [3.63, 3.8) is 0 Å². The van der Waals surface area contributed by atoms with Gasteiger partial charge >= 0.3 is 11.9 Å². The summed E-state index contributed by atoms with van der Waals surface area (Å²) in [5, 5.41) is 0.631. The number of carbonyl (C=O) groups excluding carboxylic acids is 2. The number of aromatic nitrogens is 3. The number of esters is 2. The Kier molecular flexibility index (Phi) is 6.11. The highest BCUT2D eigenvalue weighted by atomic mass is 19.1. The fraction of sp³-hybridized carbons (Fsp3) is 0.200. The van der Waals surface area contributed by atoms with Crippen LogP contribution in [0.15, 0.2) is 79.1 Å². The number of alkyl halides is 1. The third-order valence-corrected chi connectivity index (χ3v) is 5.66. The molecule has 1 saturated heterocycles. The summed E-state index contributed by atoms with van der Waals surface area (Å²) in [4.78, 5) is 33.3. The number of halogens is 1. The molecular weight excluding hydrogens is 455 g/mol. The smallest absolute Gasteiger partial charge is 0.338 e. The first-order valence-electron chi connectivity index (χ1n) is 10.9. The molecule has 2 N–H and O–H groups in total. The lowest BCUT2D eigenvalue weighted by Crippen LogP contribution is -2.37. The lowest BCUT2D eigenvalue weighted by atomic mass is 10.1. The number of benzene rings is 2. The SMILES string of the molecule is Nc1ncc2ccn([C@@H]3O[C@H](COC(=O)c4ccccc4)[C@@H](OC(=O)c4ccccc4)[C@@H]3F)c2n1. The van der Waals surface area contributed by atoms with Crippen molar-refractivity contribution in [3.8, 4) is 0 Å². The number of nitrogens with two attached hydrogens (primary N) is 1. The van der Waals surface area contributed by atoms with Crippen molar-refractivity contribution in [3.05, 3.63) is 90.3 Å². The first-order valence-corrected chi connectivity index (χ1v) is 10.9. The van der Waals surface area contributed by atoms with Crippen LogP contribution in [-0.4, -0.2) is 51.5 Å². The van der Waals surface area contributed by atoms with Gasteiger partial charge in [0.05, 0.1) is 11.1 Å². The second kappa shape index (κ2) is 9.51. The van der Waals surface area contributed by atoms with Crippen LogP contribution in [-0.2, 0) is 14.2 Å². The Morgan fingerprint density at radius 3 is 2.34 bits per heavy atom. The molecule has 1 fully saturated rings. The fourth-order valence-electron chi connectivity index (χ4n) is 3.93. The van der Waals surface area contributed by atoms with E-state index in [0.29, 0.717) is 16.6 Å². The molecular formula is C25H21FN4O5. The van der Waals surface area contributed by atoms with E-state index >= 15 is 4.39 Å². The fourth-order valence-corrected chi connectivity index (χ4v) is 3.93. The van der Waals surface area contributed by atoms with Crippen molar-refractivity contribution in [2.45, 2.75) is 24.6 Å². The van der Waals surface area contributed by atoms with Crippen LogP contribution in [0.3, 0.4) is 0 Å². The number of carbonyl (C=O) groups is 2. The summed E-state index contributed by atoms with van der Waals surface area (Å²) in [7, 11) is 0. The number of nitrogen functional groups attached to an aromatic ring is 1. The van der Waals surface area contributed by atoms with E-state index in [1.807, 2.05) is 0 Å². The largest absolute Gasteiger partial charge is 0.459 e. The number of rotatable bonds is 6. The highest BCUT2D eigenvalue weighted by Crippen LogP contribution is 2.36.